The second-order valence-electron chi connectivity index (χ2n) is 3.98. The van der Waals surface area contributed by atoms with Gasteiger partial charge in [0.05, 0.1) is 10.6 Å². The molecule has 1 heterocycles. The van der Waals surface area contributed by atoms with Gasteiger partial charge in [-0.05, 0) is 18.2 Å². The van der Waals surface area contributed by atoms with Gasteiger partial charge in [0.1, 0.15) is 0 Å². The molecule has 2 aromatic rings. The summed E-state index contributed by atoms with van der Waals surface area (Å²) in [5.74, 6) is -0.684. The van der Waals surface area contributed by atoms with Gasteiger partial charge in [-0.2, -0.15) is 4.98 Å². The third-order valence-corrected chi connectivity index (χ3v) is 2.83. The maximum absolute atomic E-state index is 11.6. The standard InChI is InChI=1S/C12H11ClN4O4/c13-9-2-1-7(5-8(9)11(18)19)16-12(20)14-4-3-10-15-6-21-17-10/h1-2,5-6H,3-4H2,(H,18,19)(H2,14,16,20). The molecule has 1 aromatic carbocycles. The molecule has 0 aliphatic rings. The Labute approximate surface area is 124 Å². The predicted octanol–water partition coefficient (Wildman–Crippen LogP) is 1.79. The average Bonchev–Trinajstić information content (AvgIpc) is 2.94. The molecular weight excluding hydrogens is 300 g/mol. The van der Waals surface area contributed by atoms with Gasteiger partial charge in [0.15, 0.2) is 5.82 Å². The number of hydrogen-bond acceptors (Lipinski definition) is 5. The van der Waals surface area contributed by atoms with Crippen LogP contribution in [0.5, 0.6) is 0 Å². The molecule has 2 amide bonds. The second kappa shape index (κ2) is 6.71. The van der Waals surface area contributed by atoms with E-state index in [1.807, 2.05) is 0 Å². The molecule has 21 heavy (non-hydrogen) atoms. The van der Waals surface area contributed by atoms with Crippen LogP contribution in [0.2, 0.25) is 5.02 Å². The fourth-order valence-electron chi connectivity index (χ4n) is 1.53. The number of aromatic nitrogens is 2. The van der Waals surface area contributed by atoms with Crippen molar-refractivity contribution >= 4 is 29.3 Å². The number of carbonyl (C=O) groups excluding carboxylic acids is 1. The zero-order valence-electron chi connectivity index (χ0n) is 10.7. The van der Waals surface area contributed by atoms with Crippen LogP contribution in [0, 0.1) is 0 Å². The van der Waals surface area contributed by atoms with Gasteiger partial charge >= 0.3 is 12.0 Å². The number of benzene rings is 1. The van der Waals surface area contributed by atoms with E-state index in [0.717, 1.165) is 0 Å². The molecule has 0 spiro atoms. The van der Waals surface area contributed by atoms with Crippen LogP contribution in [0.1, 0.15) is 16.2 Å². The fourth-order valence-corrected chi connectivity index (χ4v) is 1.73. The molecule has 0 radical (unpaired) electrons. The van der Waals surface area contributed by atoms with E-state index in [1.165, 1.54) is 24.6 Å². The summed E-state index contributed by atoms with van der Waals surface area (Å²) in [5, 5.41) is 17.7. The van der Waals surface area contributed by atoms with Crippen LogP contribution in [0.3, 0.4) is 0 Å². The summed E-state index contributed by atoms with van der Waals surface area (Å²) >= 11 is 5.74. The third kappa shape index (κ3) is 4.18. The number of rotatable bonds is 5. The molecular formula is C12H11ClN4O4. The number of carbonyl (C=O) groups is 2. The van der Waals surface area contributed by atoms with Gasteiger partial charge in [0.2, 0.25) is 6.39 Å². The minimum absolute atomic E-state index is 0.0822. The van der Waals surface area contributed by atoms with Crippen molar-refractivity contribution in [1.29, 1.82) is 0 Å². The Balaban J connectivity index is 1.87. The van der Waals surface area contributed by atoms with Gasteiger partial charge in [0.25, 0.3) is 0 Å². The van der Waals surface area contributed by atoms with Crippen molar-refractivity contribution in [2.75, 3.05) is 11.9 Å². The number of urea groups is 1. The van der Waals surface area contributed by atoms with E-state index in [4.69, 9.17) is 16.7 Å². The van der Waals surface area contributed by atoms with E-state index in [9.17, 15) is 9.59 Å². The summed E-state index contributed by atoms with van der Waals surface area (Å²) in [5.41, 5.74) is 0.245. The van der Waals surface area contributed by atoms with Crippen molar-refractivity contribution in [1.82, 2.24) is 15.5 Å². The number of nitrogens with one attached hydrogen (secondary N) is 2. The highest BCUT2D eigenvalue weighted by Crippen LogP contribution is 2.20. The number of aromatic carboxylic acids is 1. The first kappa shape index (κ1) is 14.8. The minimum atomic E-state index is -1.17. The summed E-state index contributed by atoms with van der Waals surface area (Å²) in [6.07, 6.45) is 1.63. The number of hydrogen-bond donors (Lipinski definition) is 3. The molecule has 110 valence electrons. The lowest BCUT2D eigenvalue weighted by Crippen LogP contribution is -2.30. The largest absolute Gasteiger partial charge is 0.478 e. The van der Waals surface area contributed by atoms with Gasteiger partial charge < -0.3 is 20.3 Å². The minimum Gasteiger partial charge on any atom is -0.478 e. The first-order chi connectivity index (χ1) is 10.1. The number of amides is 2. The van der Waals surface area contributed by atoms with Crippen molar-refractivity contribution in [3.05, 3.63) is 41.0 Å². The van der Waals surface area contributed by atoms with Gasteiger partial charge in [-0.15, -0.1) is 0 Å². The Morgan fingerprint density at radius 1 is 1.38 bits per heavy atom. The molecule has 8 nitrogen and oxygen atoms in total. The van der Waals surface area contributed by atoms with Crippen LogP contribution in [0.4, 0.5) is 10.5 Å². The molecule has 9 heteroatoms. The van der Waals surface area contributed by atoms with E-state index < -0.39 is 12.0 Å². The third-order valence-electron chi connectivity index (χ3n) is 2.50. The lowest BCUT2D eigenvalue weighted by Gasteiger charge is -2.08. The summed E-state index contributed by atoms with van der Waals surface area (Å²) < 4.78 is 4.56. The van der Waals surface area contributed by atoms with Gasteiger partial charge in [0, 0.05) is 18.7 Å². The molecule has 2 rings (SSSR count). The Morgan fingerprint density at radius 3 is 2.86 bits per heavy atom. The van der Waals surface area contributed by atoms with E-state index in [1.54, 1.807) is 0 Å². The zero-order chi connectivity index (χ0) is 15.2. The van der Waals surface area contributed by atoms with Crippen LogP contribution in [-0.2, 0) is 6.42 Å². The van der Waals surface area contributed by atoms with Crippen LogP contribution in [0.15, 0.2) is 29.1 Å². The lowest BCUT2D eigenvalue weighted by molar-refractivity contribution is 0.0697. The van der Waals surface area contributed by atoms with Gasteiger partial charge in [-0.25, -0.2) is 9.59 Å². The van der Waals surface area contributed by atoms with E-state index in [0.29, 0.717) is 24.5 Å². The van der Waals surface area contributed by atoms with Crippen LogP contribution < -0.4 is 10.6 Å². The quantitative estimate of drug-likeness (QED) is 0.775. The molecule has 0 unspecified atom stereocenters. The lowest BCUT2D eigenvalue weighted by atomic mass is 10.2. The SMILES string of the molecule is O=C(NCCc1ncon1)Nc1ccc(Cl)c(C(=O)O)c1. The molecule has 1 aromatic heterocycles. The Hall–Kier alpha value is -2.61. The summed E-state index contributed by atoms with van der Waals surface area (Å²) in [7, 11) is 0. The molecule has 0 saturated heterocycles. The summed E-state index contributed by atoms with van der Waals surface area (Å²) in [4.78, 5) is 26.4. The molecule has 3 N–H and O–H groups in total. The van der Waals surface area contributed by atoms with Crippen molar-refractivity contribution in [3.8, 4) is 0 Å². The number of carboxylic acids is 1. The first-order valence-corrected chi connectivity index (χ1v) is 6.27. The maximum atomic E-state index is 11.6. The summed E-state index contributed by atoms with van der Waals surface area (Å²) in [6, 6.07) is 3.72. The van der Waals surface area contributed by atoms with Gasteiger partial charge in [-0.3, -0.25) is 0 Å². The topological polar surface area (TPSA) is 117 Å². The van der Waals surface area contributed by atoms with Crippen LogP contribution in [-0.4, -0.2) is 33.8 Å². The number of anilines is 1. The normalized spacial score (nSPS) is 10.1. The van der Waals surface area contributed by atoms with E-state index >= 15 is 0 Å². The molecule has 0 saturated carbocycles. The monoisotopic (exact) mass is 310 g/mol. The van der Waals surface area contributed by atoms with Crippen molar-refractivity contribution in [3.63, 3.8) is 0 Å². The number of carboxylic acid groups (broad SMARTS) is 1. The highest BCUT2D eigenvalue weighted by Gasteiger charge is 2.10. The maximum Gasteiger partial charge on any atom is 0.337 e. The number of nitrogens with zero attached hydrogens (tertiary/aromatic N) is 2. The molecule has 0 fully saturated rings. The van der Waals surface area contributed by atoms with Crippen LogP contribution in [0.25, 0.3) is 0 Å². The highest BCUT2D eigenvalue weighted by atomic mass is 35.5. The Bertz CT molecular complexity index is 645. The number of halogens is 1. The van der Waals surface area contributed by atoms with Crippen molar-refractivity contribution in [2.45, 2.75) is 6.42 Å². The predicted molar refractivity (Wildman–Crippen MR) is 73.4 cm³/mol. The van der Waals surface area contributed by atoms with Crippen LogP contribution >= 0.6 is 11.6 Å². The average molecular weight is 311 g/mol. The second-order valence-corrected chi connectivity index (χ2v) is 4.39. The smallest absolute Gasteiger partial charge is 0.337 e. The van der Waals surface area contributed by atoms with Crippen molar-refractivity contribution in [2.24, 2.45) is 0 Å². The molecule has 0 aliphatic carbocycles. The molecule has 0 aliphatic heterocycles. The Kier molecular flexibility index (Phi) is 4.72. The van der Waals surface area contributed by atoms with Crippen molar-refractivity contribution < 1.29 is 19.2 Å². The summed E-state index contributed by atoms with van der Waals surface area (Å²) in [6.45, 7) is 0.310. The molecule has 0 bridgehead atoms. The fraction of sp³-hybridized carbons (Fsp3) is 0.167. The van der Waals surface area contributed by atoms with Gasteiger partial charge in [-0.1, -0.05) is 16.8 Å². The Morgan fingerprint density at radius 2 is 2.19 bits per heavy atom. The first-order valence-electron chi connectivity index (χ1n) is 5.89. The molecule has 0 atom stereocenters. The van der Waals surface area contributed by atoms with E-state index in [-0.39, 0.29) is 10.6 Å². The van der Waals surface area contributed by atoms with E-state index in [2.05, 4.69) is 25.3 Å². The zero-order valence-corrected chi connectivity index (χ0v) is 11.4. The highest BCUT2D eigenvalue weighted by molar-refractivity contribution is 6.33.